The van der Waals surface area contributed by atoms with Gasteiger partial charge in [-0.25, -0.2) is 0 Å². The quantitative estimate of drug-likeness (QED) is 0.274. The van der Waals surface area contributed by atoms with E-state index in [1.165, 1.54) is 18.7 Å². The number of carbonyl (C=O) groups excluding carboxylic acids is 2. The summed E-state index contributed by atoms with van der Waals surface area (Å²) in [6.07, 6.45) is 0. The summed E-state index contributed by atoms with van der Waals surface area (Å²) in [5.41, 5.74) is 2.96. The van der Waals surface area contributed by atoms with E-state index in [-0.39, 0.29) is 11.7 Å². The maximum atomic E-state index is 13.4. The Labute approximate surface area is 197 Å². The number of rotatable bonds is 8. The van der Waals surface area contributed by atoms with Gasteiger partial charge in [-0.05, 0) is 31.5 Å². The molecule has 0 aliphatic heterocycles. The summed E-state index contributed by atoms with van der Waals surface area (Å²) < 4.78 is 2.01. The van der Waals surface area contributed by atoms with Crippen molar-refractivity contribution < 1.29 is 9.59 Å². The van der Waals surface area contributed by atoms with Crippen LogP contribution in [0.25, 0.3) is 11.4 Å². The van der Waals surface area contributed by atoms with Gasteiger partial charge in [-0.2, -0.15) is 0 Å². The highest BCUT2D eigenvalue weighted by Crippen LogP contribution is 2.37. The van der Waals surface area contributed by atoms with Gasteiger partial charge in [-0.3, -0.25) is 9.59 Å². The van der Waals surface area contributed by atoms with Crippen LogP contribution in [-0.4, -0.2) is 26.5 Å². The third-order valence-corrected chi connectivity index (χ3v) is 6.40. The van der Waals surface area contributed by atoms with E-state index >= 15 is 0 Å². The standard InChI is InChI=1S/C26H24N4O2S/c1-3-30-24(20-13-8-5-9-14-20)28-29-26(30)33-23(19-11-6-4-7-12-19)25(32)27-22-16-10-15-21(17-22)18(2)31/h4-17,23H,3H2,1-2H3,(H,27,32). The molecule has 1 N–H and O–H groups in total. The number of nitrogens with zero attached hydrogens (tertiary/aromatic N) is 3. The summed E-state index contributed by atoms with van der Waals surface area (Å²) in [4.78, 5) is 25.1. The van der Waals surface area contributed by atoms with E-state index in [2.05, 4.69) is 15.5 Å². The predicted octanol–water partition coefficient (Wildman–Crippen LogP) is 5.64. The fraction of sp³-hybridized carbons (Fsp3) is 0.154. The van der Waals surface area contributed by atoms with Gasteiger partial charge in [0.15, 0.2) is 16.8 Å². The monoisotopic (exact) mass is 456 g/mol. The molecule has 1 heterocycles. The van der Waals surface area contributed by atoms with Crippen molar-refractivity contribution in [2.45, 2.75) is 30.8 Å². The van der Waals surface area contributed by atoms with E-state index in [0.717, 1.165) is 17.0 Å². The van der Waals surface area contributed by atoms with Gasteiger partial charge in [0.25, 0.3) is 0 Å². The molecular formula is C26H24N4O2S. The minimum Gasteiger partial charge on any atom is -0.325 e. The lowest BCUT2D eigenvalue weighted by Crippen LogP contribution is -2.19. The van der Waals surface area contributed by atoms with Crippen LogP contribution in [0.3, 0.4) is 0 Å². The molecule has 1 atom stereocenters. The molecule has 1 aromatic heterocycles. The van der Waals surface area contributed by atoms with Crippen LogP contribution in [0.4, 0.5) is 5.69 Å². The first-order chi connectivity index (χ1) is 16.1. The number of aromatic nitrogens is 3. The highest BCUT2D eigenvalue weighted by Gasteiger charge is 2.26. The number of carbonyl (C=O) groups is 2. The molecule has 0 aliphatic rings. The number of benzene rings is 3. The fourth-order valence-electron chi connectivity index (χ4n) is 3.49. The molecule has 0 bridgehead atoms. The van der Waals surface area contributed by atoms with Gasteiger partial charge in [0.1, 0.15) is 5.25 Å². The number of amides is 1. The number of hydrogen-bond acceptors (Lipinski definition) is 5. The van der Waals surface area contributed by atoms with Gasteiger partial charge < -0.3 is 9.88 Å². The highest BCUT2D eigenvalue weighted by molar-refractivity contribution is 8.00. The number of hydrogen-bond donors (Lipinski definition) is 1. The average molecular weight is 457 g/mol. The first-order valence-corrected chi connectivity index (χ1v) is 11.6. The Morgan fingerprint density at radius 3 is 2.30 bits per heavy atom. The summed E-state index contributed by atoms with van der Waals surface area (Å²) in [6.45, 7) is 4.21. The zero-order valence-corrected chi connectivity index (χ0v) is 19.3. The van der Waals surface area contributed by atoms with Crippen molar-refractivity contribution in [3.05, 3.63) is 96.1 Å². The van der Waals surface area contributed by atoms with Crippen LogP contribution in [0.1, 0.15) is 35.0 Å². The average Bonchev–Trinajstić information content (AvgIpc) is 3.26. The Bertz CT molecular complexity index is 1260. The topological polar surface area (TPSA) is 76.9 Å². The maximum Gasteiger partial charge on any atom is 0.242 e. The van der Waals surface area contributed by atoms with Crippen molar-refractivity contribution >= 4 is 29.1 Å². The molecule has 0 radical (unpaired) electrons. The molecule has 0 saturated carbocycles. The smallest absolute Gasteiger partial charge is 0.242 e. The minimum atomic E-state index is -0.551. The molecule has 0 fully saturated rings. The summed E-state index contributed by atoms with van der Waals surface area (Å²) >= 11 is 1.36. The second kappa shape index (κ2) is 10.3. The molecular weight excluding hydrogens is 432 g/mol. The summed E-state index contributed by atoms with van der Waals surface area (Å²) in [6, 6.07) is 26.4. The molecule has 166 valence electrons. The van der Waals surface area contributed by atoms with Crippen molar-refractivity contribution in [3.8, 4) is 11.4 Å². The lowest BCUT2D eigenvalue weighted by Gasteiger charge is -2.17. The molecule has 0 spiro atoms. The lowest BCUT2D eigenvalue weighted by atomic mass is 10.1. The third kappa shape index (κ3) is 5.21. The van der Waals surface area contributed by atoms with Gasteiger partial charge >= 0.3 is 0 Å². The third-order valence-electron chi connectivity index (χ3n) is 5.17. The van der Waals surface area contributed by atoms with Crippen molar-refractivity contribution in [3.63, 3.8) is 0 Å². The lowest BCUT2D eigenvalue weighted by molar-refractivity contribution is -0.115. The van der Waals surface area contributed by atoms with Crippen LogP contribution >= 0.6 is 11.8 Å². The molecule has 1 amide bonds. The Kier molecular flexibility index (Phi) is 7.00. The van der Waals surface area contributed by atoms with E-state index in [4.69, 9.17) is 0 Å². The summed E-state index contributed by atoms with van der Waals surface area (Å²) in [7, 11) is 0. The number of anilines is 1. The van der Waals surface area contributed by atoms with Crippen molar-refractivity contribution in [1.29, 1.82) is 0 Å². The zero-order valence-electron chi connectivity index (χ0n) is 18.4. The number of Topliss-reactive ketones (excluding diaryl/α,β-unsaturated/α-hetero) is 1. The van der Waals surface area contributed by atoms with Crippen LogP contribution in [-0.2, 0) is 11.3 Å². The zero-order chi connectivity index (χ0) is 23.2. The molecule has 4 rings (SSSR count). The number of thioether (sulfide) groups is 1. The number of ketones is 1. The van der Waals surface area contributed by atoms with Gasteiger partial charge in [-0.1, -0.05) is 84.6 Å². The Balaban J connectivity index is 1.65. The van der Waals surface area contributed by atoms with E-state index in [9.17, 15) is 9.59 Å². The Hall–Kier alpha value is -3.71. The Morgan fingerprint density at radius 1 is 0.939 bits per heavy atom. The first-order valence-electron chi connectivity index (χ1n) is 10.7. The van der Waals surface area contributed by atoms with E-state index < -0.39 is 5.25 Å². The highest BCUT2D eigenvalue weighted by atomic mass is 32.2. The second-order valence-electron chi connectivity index (χ2n) is 7.45. The summed E-state index contributed by atoms with van der Waals surface area (Å²) in [5.74, 6) is 0.519. The van der Waals surface area contributed by atoms with Crippen LogP contribution in [0.15, 0.2) is 90.1 Å². The van der Waals surface area contributed by atoms with Crippen molar-refractivity contribution in [2.24, 2.45) is 0 Å². The molecule has 6 nitrogen and oxygen atoms in total. The molecule has 0 saturated heterocycles. The molecule has 1 unspecified atom stereocenters. The maximum absolute atomic E-state index is 13.4. The molecule has 3 aromatic carbocycles. The predicted molar refractivity (Wildman–Crippen MR) is 131 cm³/mol. The van der Waals surface area contributed by atoms with Crippen molar-refractivity contribution in [1.82, 2.24) is 14.8 Å². The minimum absolute atomic E-state index is 0.0513. The molecule has 4 aromatic rings. The summed E-state index contributed by atoms with van der Waals surface area (Å²) in [5, 5.41) is 11.9. The van der Waals surface area contributed by atoms with Crippen LogP contribution < -0.4 is 5.32 Å². The SMILES string of the molecule is CCn1c(SC(C(=O)Nc2cccc(C(C)=O)c2)c2ccccc2)nnc1-c1ccccc1. The van der Waals surface area contributed by atoms with E-state index in [0.29, 0.717) is 23.0 Å². The van der Waals surface area contributed by atoms with Gasteiger partial charge in [-0.15, -0.1) is 10.2 Å². The van der Waals surface area contributed by atoms with Crippen LogP contribution in [0.5, 0.6) is 0 Å². The van der Waals surface area contributed by atoms with Gasteiger partial charge in [0, 0.05) is 23.4 Å². The Morgan fingerprint density at radius 2 is 1.64 bits per heavy atom. The molecule has 0 aliphatic carbocycles. The fourth-order valence-corrected chi connectivity index (χ4v) is 4.59. The largest absolute Gasteiger partial charge is 0.325 e. The molecule has 33 heavy (non-hydrogen) atoms. The normalized spacial score (nSPS) is 11.7. The number of nitrogens with one attached hydrogen (secondary N) is 1. The van der Waals surface area contributed by atoms with Crippen LogP contribution in [0.2, 0.25) is 0 Å². The first kappa shape index (κ1) is 22.5. The van der Waals surface area contributed by atoms with E-state index in [1.807, 2.05) is 72.2 Å². The van der Waals surface area contributed by atoms with Gasteiger partial charge in [0.05, 0.1) is 0 Å². The molecule has 7 heteroatoms. The van der Waals surface area contributed by atoms with Gasteiger partial charge in [0.2, 0.25) is 5.91 Å². The van der Waals surface area contributed by atoms with Crippen molar-refractivity contribution in [2.75, 3.05) is 5.32 Å². The van der Waals surface area contributed by atoms with E-state index in [1.54, 1.807) is 24.3 Å². The van der Waals surface area contributed by atoms with Crippen LogP contribution in [0, 0.1) is 0 Å². The second-order valence-corrected chi connectivity index (χ2v) is 8.52.